The Morgan fingerprint density at radius 2 is 1.40 bits per heavy atom. The zero-order valence-corrected chi connectivity index (χ0v) is 11.6. The highest BCUT2D eigenvalue weighted by molar-refractivity contribution is 8.20. The molecule has 0 aliphatic carbocycles. The van der Waals surface area contributed by atoms with Crippen molar-refractivity contribution in [1.29, 1.82) is 0 Å². The smallest absolute Gasteiger partial charge is 0.174 e. The lowest BCUT2D eigenvalue weighted by Crippen LogP contribution is -2.24. The molecule has 0 saturated carbocycles. The van der Waals surface area contributed by atoms with Crippen molar-refractivity contribution in [2.45, 2.75) is 23.0 Å². The lowest BCUT2D eigenvalue weighted by atomic mass is 10.8. The number of hydrogen-bond donors (Lipinski definition) is 0. The van der Waals surface area contributed by atoms with E-state index in [1.807, 2.05) is 0 Å². The molecule has 0 rings (SSSR count). The maximum Gasteiger partial charge on any atom is 0.174 e. The Kier molecular flexibility index (Phi) is 7.48. The Morgan fingerprint density at radius 3 is 1.67 bits per heavy atom. The summed E-state index contributed by atoms with van der Waals surface area (Å²) in [7, 11) is -3.05. The van der Waals surface area contributed by atoms with Crippen LogP contribution in [0.2, 0.25) is 0 Å². The molecular weight excluding hydrogens is 248 g/mol. The second kappa shape index (κ2) is 7.41. The summed E-state index contributed by atoms with van der Waals surface area (Å²) in [5, 5.41) is 0. The predicted octanol–water partition coefficient (Wildman–Crippen LogP) is 2.93. The van der Waals surface area contributed by atoms with Crippen molar-refractivity contribution >= 4 is 33.4 Å². The molecule has 2 unspecified atom stereocenters. The van der Waals surface area contributed by atoms with E-state index in [9.17, 15) is 8.42 Å². The molecule has 0 saturated heterocycles. The van der Waals surface area contributed by atoms with E-state index in [0.717, 1.165) is 0 Å². The molecule has 0 aromatic carbocycles. The van der Waals surface area contributed by atoms with E-state index in [0.29, 0.717) is 11.5 Å². The molecule has 0 aliphatic heterocycles. The molecule has 0 amide bonds. The Bertz CT molecular complexity index is 272. The van der Waals surface area contributed by atoms with Gasteiger partial charge >= 0.3 is 0 Å². The van der Waals surface area contributed by atoms with Gasteiger partial charge in [-0.05, 0) is 13.8 Å². The van der Waals surface area contributed by atoms with Crippen LogP contribution in [0.1, 0.15) is 13.8 Å². The van der Waals surface area contributed by atoms with Gasteiger partial charge in [-0.25, -0.2) is 8.42 Å². The largest absolute Gasteiger partial charge is 0.227 e. The van der Waals surface area contributed by atoms with Crippen molar-refractivity contribution in [3.05, 3.63) is 25.3 Å². The van der Waals surface area contributed by atoms with Gasteiger partial charge in [0.1, 0.15) is 9.16 Å². The third-order valence-electron chi connectivity index (χ3n) is 1.82. The van der Waals surface area contributed by atoms with Crippen LogP contribution in [0.4, 0.5) is 0 Å². The molecule has 0 fully saturated rings. The van der Waals surface area contributed by atoms with E-state index in [4.69, 9.17) is 0 Å². The molecule has 0 aromatic rings. The Balaban J connectivity index is 4.37. The van der Waals surface area contributed by atoms with Crippen LogP contribution in [-0.4, -0.2) is 29.1 Å². The number of sulfone groups is 1. The van der Waals surface area contributed by atoms with Crippen molar-refractivity contribution in [3.8, 4) is 0 Å². The van der Waals surface area contributed by atoms with E-state index in [1.54, 1.807) is 26.0 Å². The summed E-state index contributed by atoms with van der Waals surface area (Å²) in [5.41, 5.74) is 0. The van der Waals surface area contributed by atoms with Crippen LogP contribution in [-0.2, 0) is 9.84 Å². The zero-order chi connectivity index (χ0) is 11.9. The average Bonchev–Trinajstić information content (AvgIpc) is 2.21. The molecular formula is C10H18O2S3. The quantitative estimate of drug-likeness (QED) is 0.633. The molecule has 0 radical (unpaired) electrons. The Hall–Kier alpha value is 0.130. The third kappa shape index (κ3) is 5.13. The first-order valence-corrected chi connectivity index (χ1v) is 8.35. The van der Waals surface area contributed by atoms with E-state index >= 15 is 0 Å². The molecule has 0 N–H and O–H groups in total. The van der Waals surface area contributed by atoms with Crippen LogP contribution in [0.3, 0.4) is 0 Å². The van der Waals surface area contributed by atoms with Crippen LogP contribution in [0.15, 0.2) is 25.3 Å². The Morgan fingerprint density at radius 1 is 1.07 bits per heavy atom. The van der Waals surface area contributed by atoms with E-state index in [-0.39, 0.29) is 9.16 Å². The molecule has 0 heterocycles. The fraction of sp³-hybridized carbons (Fsp3) is 0.600. The van der Waals surface area contributed by atoms with Crippen LogP contribution >= 0.6 is 23.5 Å². The second-order valence-corrected chi connectivity index (χ2v) is 8.90. The number of thioether (sulfide) groups is 2. The van der Waals surface area contributed by atoms with Crippen LogP contribution in [0, 0.1) is 0 Å². The average molecular weight is 266 g/mol. The van der Waals surface area contributed by atoms with Gasteiger partial charge in [0.15, 0.2) is 9.84 Å². The van der Waals surface area contributed by atoms with Gasteiger partial charge in [-0.1, -0.05) is 12.2 Å². The van der Waals surface area contributed by atoms with Gasteiger partial charge in [0, 0.05) is 11.5 Å². The molecule has 0 aliphatic rings. The van der Waals surface area contributed by atoms with Crippen molar-refractivity contribution in [2.75, 3.05) is 11.5 Å². The van der Waals surface area contributed by atoms with E-state index < -0.39 is 9.84 Å². The van der Waals surface area contributed by atoms with Crippen LogP contribution in [0.5, 0.6) is 0 Å². The number of rotatable bonds is 8. The topological polar surface area (TPSA) is 34.1 Å². The second-order valence-electron chi connectivity index (χ2n) is 2.97. The fourth-order valence-corrected chi connectivity index (χ4v) is 5.42. The highest BCUT2D eigenvalue weighted by atomic mass is 32.3. The van der Waals surface area contributed by atoms with E-state index in [1.165, 1.54) is 23.5 Å². The summed E-state index contributed by atoms with van der Waals surface area (Å²) in [6.45, 7) is 10.6. The molecule has 0 bridgehead atoms. The van der Waals surface area contributed by atoms with Crippen LogP contribution < -0.4 is 0 Å². The minimum absolute atomic E-state index is 0.372. The van der Waals surface area contributed by atoms with Gasteiger partial charge in [0.05, 0.1) is 0 Å². The normalized spacial score (nSPS) is 15.6. The molecule has 15 heavy (non-hydrogen) atoms. The minimum atomic E-state index is -3.05. The minimum Gasteiger partial charge on any atom is -0.227 e. The van der Waals surface area contributed by atoms with Crippen LogP contribution in [0.25, 0.3) is 0 Å². The summed E-state index contributed by atoms with van der Waals surface area (Å²) in [4.78, 5) is 0. The summed E-state index contributed by atoms with van der Waals surface area (Å²) in [5.74, 6) is 1.33. The van der Waals surface area contributed by atoms with E-state index in [2.05, 4.69) is 13.2 Å². The maximum atomic E-state index is 11.9. The summed E-state index contributed by atoms with van der Waals surface area (Å²) >= 11 is 2.80. The highest BCUT2D eigenvalue weighted by Gasteiger charge is 2.27. The summed E-state index contributed by atoms with van der Waals surface area (Å²) in [6, 6.07) is 0. The first kappa shape index (κ1) is 15.1. The standard InChI is InChI=1S/C10H18O2S3/c1-5-7-13-9(3)15(11,12)10(4)14-8-6-2/h5-6,9-10H,1-2,7-8H2,3-4H3. The summed E-state index contributed by atoms with van der Waals surface area (Å²) in [6.07, 6.45) is 3.44. The van der Waals surface area contributed by atoms with Gasteiger partial charge in [0.25, 0.3) is 0 Å². The molecule has 0 spiro atoms. The van der Waals surface area contributed by atoms with Gasteiger partial charge in [0.2, 0.25) is 0 Å². The SMILES string of the molecule is C=CCSC(C)S(=O)(=O)C(C)SCC=C. The van der Waals surface area contributed by atoms with Crippen molar-refractivity contribution < 1.29 is 8.42 Å². The van der Waals surface area contributed by atoms with Gasteiger partial charge in [-0.3, -0.25) is 0 Å². The first-order valence-electron chi connectivity index (χ1n) is 4.64. The monoisotopic (exact) mass is 266 g/mol. The first-order chi connectivity index (χ1) is 6.96. The molecule has 0 aromatic heterocycles. The molecule has 88 valence electrons. The maximum absolute atomic E-state index is 11.9. The predicted molar refractivity (Wildman–Crippen MR) is 73.2 cm³/mol. The van der Waals surface area contributed by atoms with Crippen molar-refractivity contribution in [1.82, 2.24) is 0 Å². The van der Waals surface area contributed by atoms with Gasteiger partial charge in [-0.15, -0.1) is 36.7 Å². The van der Waals surface area contributed by atoms with Gasteiger partial charge < -0.3 is 0 Å². The number of hydrogen-bond acceptors (Lipinski definition) is 4. The lowest BCUT2D eigenvalue weighted by molar-refractivity contribution is 0.594. The molecule has 2 nitrogen and oxygen atoms in total. The molecule has 5 heteroatoms. The highest BCUT2D eigenvalue weighted by Crippen LogP contribution is 2.26. The van der Waals surface area contributed by atoms with Gasteiger partial charge in [-0.2, -0.15) is 0 Å². The van der Waals surface area contributed by atoms with Crippen molar-refractivity contribution in [3.63, 3.8) is 0 Å². The fourth-order valence-electron chi connectivity index (χ4n) is 0.867. The third-order valence-corrected chi connectivity index (χ3v) is 7.89. The van der Waals surface area contributed by atoms with Crippen molar-refractivity contribution in [2.24, 2.45) is 0 Å². The molecule has 2 atom stereocenters. The zero-order valence-electron chi connectivity index (χ0n) is 9.18. The Labute approximate surface area is 102 Å². The lowest BCUT2D eigenvalue weighted by Gasteiger charge is -2.17. The summed E-state index contributed by atoms with van der Waals surface area (Å²) < 4.78 is 23.1.